The summed E-state index contributed by atoms with van der Waals surface area (Å²) in [7, 11) is 0. The molecule has 3 heterocycles. The van der Waals surface area contributed by atoms with Gasteiger partial charge in [-0.15, -0.1) is 0 Å². The Morgan fingerprint density at radius 2 is 2.06 bits per heavy atom. The molecule has 2 atom stereocenters. The maximum atomic E-state index is 6.15. The lowest BCUT2D eigenvalue weighted by Gasteiger charge is -2.48. The highest BCUT2D eigenvalue weighted by molar-refractivity contribution is 5.04. The fraction of sp³-hybridized carbons (Fsp3) is 0.714. The van der Waals surface area contributed by atoms with E-state index in [0.717, 1.165) is 30.9 Å². The van der Waals surface area contributed by atoms with Crippen molar-refractivity contribution in [2.75, 3.05) is 0 Å². The average Bonchev–Trinajstić information content (AvgIpc) is 2.30. The number of hydrogen-bond donors (Lipinski definition) is 1. The first-order chi connectivity index (χ1) is 8.72. The molecule has 2 N–H and O–H groups in total. The summed E-state index contributed by atoms with van der Waals surface area (Å²) in [6.07, 6.45) is 8.13. The molecule has 0 spiro atoms. The Kier molecular flexibility index (Phi) is 3.31. The average molecular weight is 246 g/mol. The molecule has 2 fully saturated rings. The second-order valence-electron chi connectivity index (χ2n) is 5.74. The summed E-state index contributed by atoms with van der Waals surface area (Å²) in [5.74, 6) is 0.867. The van der Waals surface area contributed by atoms with Crippen LogP contribution < -0.4 is 5.73 Å². The first kappa shape index (κ1) is 12.1. The van der Waals surface area contributed by atoms with Crippen LogP contribution in [0.25, 0.3) is 0 Å². The van der Waals surface area contributed by atoms with Crippen LogP contribution in [0.15, 0.2) is 12.3 Å². The number of aromatic nitrogens is 2. The third kappa shape index (κ3) is 2.40. The molecule has 1 aromatic rings. The highest BCUT2D eigenvalue weighted by Gasteiger charge is 2.36. The fourth-order valence-electron chi connectivity index (χ4n) is 3.56. The number of fused-ring (bicyclic) bond motifs is 2. The van der Waals surface area contributed by atoms with Crippen LogP contribution in [-0.4, -0.2) is 33.0 Å². The molecule has 4 heteroatoms. The molecule has 0 aliphatic carbocycles. The van der Waals surface area contributed by atoms with Crippen molar-refractivity contribution in [2.24, 2.45) is 5.73 Å². The van der Waals surface area contributed by atoms with E-state index in [2.05, 4.69) is 14.9 Å². The molecule has 18 heavy (non-hydrogen) atoms. The van der Waals surface area contributed by atoms with Gasteiger partial charge < -0.3 is 5.73 Å². The minimum absolute atomic E-state index is 0.406. The SMILES string of the molecule is Cc1nccc(CN2C3CCCC2CC(N)C3)n1. The Morgan fingerprint density at radius 3 is 2.72 bits per heavy atom. The van der Waals surface area contributed by atoms with E-state index in [4.69, 9.17) is 5.73 Å². The summed E-state index contributed by atoms with van der Waals surface area (Å²) in [6, 6.07) is 3.78. The van der Waals surface area contributed by atoms with Crippen molar-refractivity contribution in [1.82, 2.24) is 14.9 Å². The van der Waals surface area contributed by atoms with Gasteiger partial charge in [0.25, 0.3) is 0 Å². The lowest BCUT2D eigenvalue weighted by molar-refractivity contribution is 0.0234. The van der Waals surface area contributed by atoms with Crippen LogP contribution in [0.4, 0.5) is 0 Å². The van der Waals surface area contributed by atoms with Gasteiger partial charge in [0, 0.05) is 30.9 Å². The highest BCUT2D eigenvalue weighted by Crippen LogP contribution is 2.34. The minimum Gasteiger partial charge on any atom is -0.328 e. The molecule has 0 aromatic carbocycles. The molecular formula is C14H22N4. The Labute approximate surface area is 109 Å². The molecule has 0 amide bonds. The van der Waals surface area contributed by atoms with E-state index in [-0.39, 0.29) is 0 Å². The third-order valence-electron chi connectivity index (χ3n) is 4.34. The quantitative estimate of drug-likeness (QED) is 0.861. The number of nitrogens with two attached hydrogens (primary N) is 1. The van der Waals surface area contributed by atoms with Crippen molar-refractivity contribution < 1.29 is 0 Å². The van der Waals surface area contributed by atoms with Crippen LogP contribution in [0.2, 0.25) is 0 Å². The monoisotopic (exact) mass is 246 g/mol. The standard InChI is InChI=1S/C14H22N4/c1-10-16-6-5-12(17-10)9-18-13-3-2-4-14(18)8-11(15)7-13/h5-6,11,13-14H,2-4,7-9,15H2,1H3. The van der Waals surface area contributed by atoms with Gasteiger partial charge in [0.1, 0.15) is 5.82 Å². The minimum atomic E-state index is 0.406. The second-order valence-corrected chi connectivity index (χ2v) is 5.74. The Morgan fingerprint density at radius 1 is 1.33 bits per heavy atom. The first-order valence-electron chi connectivity index (χ1n) is 7.02. The molecule has 2 saturated heterocycles. The Hall–Kier alpha value is -1.00. The number of aryl methyl sites for hydroxylation is 1. The fourth-order valence-corrected chi connectivity index (χ4v) is 3.56. The number of piperidine rings is 2. The van der Waals surface area contributed by atoms with Gasteiger partial charge in [-0.05, 0) is 38.7 Å². The zero-order valence-electron chi connectivity index (χ0n) is 11.0. The molecule has 3 rings (SSSR count). The lowest BCUT2D eigenvalue weighted by atomic mass is 9.82. The summed E-state index contributed by atoms with van der Waals surface area (Å²) in [5.41, 5.74) is 7.30. The summed E-state index contributed by atoms with van der Waals surface area (Å²) in [4.78, 5) is 11.3. The summed E-state index contributed by atoms with van der Waals surface area (Å²) < 4.78 is 0. The van der Waals surface area contributed by atoms with Gasteiger partial charge >= 0.3 is 0 Å². The van der Waals surface area contributed by atoms with Crippen LogP contribution in [0, 0.1) is 6.92 Å². The van der Waals surface area contributed by atoms with Gasteiger partial charge in [-0.25, -0.2) is 9.97 Å². The maximum Gasteiger partial charge on any atom is 0.125 e. The Balaban J connectivity index is 1.75. The van der Waals surface area contributed by atoms with E-state index in [1.807, 2.05) is 19.2 Å². The number of nitrogens with zero attached hydrogens (tertiary/aromatic N) is 3. The van der Waals surface area contributed by atoms with Crippen LogP contribution in [0.3, 0.4) is 0 Å². The van der Waals surface area contributed by atoms with Gasteiger partial charge in [0.15, 0.2) is 0 Å². The zero-order valence-corrected chi connectivity index (χ0v) is 11.0. The predicted molar refractivity (Wildman–Crippen MR) is 70.9 cm³/mol. The van der Waals surface area contributed by atoms with E-state index >= 15 is 0 Å². The maximum absolute atomic E-state index is 6.15. The smallest absolute Gasteiger partial charge is 0.125 e. The molecule has 0 radical (unpaired) electrons. The second kappa shape index (κ2) is 4.94. The zero-order chi connectivity index (χ0) is 12.5. The molecule has 2 aliphatic heterocycles. The molecule has 2 bridgehead atoms. The Bertz CT molecular complexity index is 406. The van der Waals surface area contributed by atoms with Gasteiger partial charge in [-0.2, -0.15) is 0 Å². The molecule has 0 saturated carbocycles. The molecule has 1 aromatic heterocycles. The van der Waals surface area contributed by atoms with Gasteiger partial charge in [-0.1, -0.05) is 6.42 Å². The van der Waals surface area contributed by atoms with Crippen molar-refractivity contribution in [2.45, 2.75) is 63.7 Å². The molecule has 2 unspecified atom stereocenters. The van der Waals surface area contributed by atoms with Gasteiger partial charge in [0.05, 0.1) is 5.69 Å². The van der Waals surface area contributed by atoms with E-state index in [0.29, 0.717) is 18.1 Å². The third-order valence-corrected chi connectivity index (χ3v) is 4.34. The van der Waals surface area contributed by atoms with Crippen LogP contribution in [0.1, 0.15) is 43.6 Å². The van der Waals surface area contributed by atoms with Crippen molar-refractivity contribution in [1.29, 1.82) is 0 Å². The molecular weight excluding hydrogens is 224 g/mol. The van der Waals surface area contributed by atoms with Crippen molar-refractivity contribution >= 4 is 0 Å². The molecule has 98 valence electrons. The molecule has 4 nitrogen and oxygen atoms in total. The van der Waals surface area contributed by atoms with E-state index in [9.17, 15) is 0 Å². The summed E-state index contributed by atoms with van der Waals surface area (Å²) in [5, 5.41) is 0. The largest absolute Gasteiger partial charge is 0.328 e. The highest BCUT2D eigenvalue weighted by atomic mass is 15.2. The van der Waals surface area contributed by atoms with Crippen molar-refractivity contribution in [3.63, 3.8) is 0 Å². The van der Waals surface area contributed by atoms with Crippen LogP contribution in [0.5, 0.6) is 0 Å². The van der Waals surface area contributed by atoms with Gasteiger partial charge in [0.2, 0.25) is 0 Å². The predicted octanol–water partition coefficient (Wildman–Crippen LogP) is 1.63. The van der Waals surface area contributed by atoms with Crippen LogP contribution >= 0.6 is 0 Å². The van der Waals surface area contributed by atoms with Gasteiger partial charge in [-0.3, -0.25) is 4.90 Å². The van der Waals surface area contributed by atoms with E-state index in [1.54, 1.807) is 0 Å². The topological polar surface area (TPSA) is 55.0 Å². The van der Waals surface area contributed by atoms with Crippen molar-refractivity contribution in [3.8, 4) is 0 Å². The summed E-state index contributed by atoms with van der Waals surface area (Å²) in [6.45, 7) is 2.92. The van der Waals surface area contributed by atoms with Crippen molar-refractivity contribution in [3.05, 3.63) is 23.8 Å². The lowest BCUT2D eigenvalue weighted by Crippen LogP contribution is -2.54. The van der Waals surface area contributed by atoms with E-state index < -0.39 is 0 Å². The first-order valence-corrected chi connectivity index (χ1v) is 7.02. The van der Waals surface area contributed by atoms with Crippen LogP contribution in [-0.2, 0) is 6.54 Å². The number of hydrogen-bond acceptors (Lipinski definition) is 4. The summed E-state index contributed by atoms with van der Waals surface area (Å²) >= 11 is 0. The molecule has 2 aliphatic rings. The van der Waals surface area contributed by atoms with E-state index in [1.165, 1.54) is 19.3 Å². The number of rotatable bonds is 2. The normalized spacial score (nSPS) is 32.4.